The lowest BCUT2D eigenvalue weighted by atomic mass is 10.1. The molecule has 3 rings (SSSR count). The average molecular weight is 357 g/mol. The molecule has 1 saturated heterocycles. The molecule has 2 aromatic rings. The molecule has 1 N–H and O–H groups in total. The second-order valence-electron chi connectivity index (χ2n) is 5.09. The van der Waals surface area contributed by atoms with E-state index in [1.165, 1.54) is 12.1 Å². The van der Waals surface area contributed by atoms with Gasteiger partial charge in [-0.2, -0.15) is 0 Å². The fraction of sp³-hybridized carbons (Fsp3) is 0.0625. The van der Waals surface area contributed by atoms with Crippen molar-refractivity contribution in [2.75, 3.05) is 0 Å². The third-order valence-electron chi connectivity index (χ3n) is 3.28. The number of ether oxygens (including phenoxy) is 1. The molecule has 0 saturated carbocycles. The van der Waals surface area contributed by atoms with Crippen LogP contribution in [0, 0.1) is 17.0 Å². The summed E-state index contributed by atoms with van der Waals surface area (Å²) >= 11 is 0.850. The SMILES string of the molecule is Cc1cc(C=C2SC(=O)NC2=O)ccc1Oc1ccc([N+](=O)[O-])cn1. The number of nitro groups is 1. The topological polar surface area (TPSA) is 111 Å². The van der Waals surface area contributed by atoms with Crippen LogP contribution in [0.2, 0.25) is 0 Å². The number of imide groups is 1. The van der Waals surface area contributed by atoms with Crippen molar-refractivity contribution >= 4 is 34.7 Å². The smallest absolute Gasteiger partial charge is 0.290 e. The van der Waals surface area contributed by atoms with Gasteiger partial charge in [-0.3, -0.25) is 25.0 Å². The van der Waals surface area contributed by atoms with Gasteiger partial charge in [-0.05, 0) is 48.0 Å². The Labute approximate surface area is 146 Å². The number of nitrogens with one attached hydrogen (secondary N) is 1. The minimum atomic E-state index is -0.535. The molecule has 0 bridgehead atoms. The number of thioether (sulfide) groups is 1. The summed E-state index contributed by atoms with van der Waals surface area (Å²) in [5.74, 6) is 0.349. The number of benzene rings is 1. The summed E-state index contributed by atoms with van der Waals surface area (Å²) in [6.07, 6.45) is 2.74. The summed E-state index contributed by atoms with van der Waals surface area (Å²) in [4.78, 5) is 37.0. The highest BCUT2D eigenvalue weighted by Gasteiger charge is 2.24. The first-order valence-electron chi connectivity index (χ1n) is 7.06. The van der Waals surface area contributed by atoms with Crippen LogP contribution in [0.1, 0.15) is 11.1 Å². The standard InChI is InChI=1S/C16H11N3O5S/c1-9-6-10(7-13-15(20)18-16(21)25-13)2-4-12(9)24-14-5-3-11(8-17-14)19(22)23/h2-8H,1H3,(H,18,20,21). The van der Waals surface area contributed by atoms with Crippen molar-refractivity contribution in [2.45, 2.75) is 6.92 Å². The third-order valence-corrected chi connectivity index (χ3v) is 4.10. The van der Waals surface area contributed by atoms with Crippen molar-refractivity contribution < 1.29 is 19.2 Å². The number of amides is 2. The normalized spacial score (nSPS) is 15.3. The molecule has 1 aromatic carbocycles. The Kier molecular flexibility index (Phi) is 4.48. The molecule has 0 atom stereocenters. The molecule has 25 heavy (non-hydrogen) atoms. The molecular formula is C16H11N3O5S. The van der Waals surface area contributed by atoms with Crippen molar-refractivity contribution in [1.82, 2.24) is 10.3 Å². The average Bonchev–Trinajstić information content (AvgIpc) is 2.88. The molecule has 1 aliphatic heterocycles. The summed E-state index contributed by atoms with van der Waals surface area (Å²) in [6, 6.07) is 7.95. The number of nitrogens with zero attached hydrogens (tertiary/aromatic N) is 2. The van der Waals surface area contributed by atoms with Gasteiger partial charge in [0.15, 0.2) is 0 Å². The number of rotatable bonds is 4. The van der Waals surface area contributed by atoms with Gasteiger partial charge in [0.05, 0.1) is 9.83 Å². The first-order chi connectivity index (χ1) is 11.9. The Morgan fingerprint density at radius 2 is 2.08 bits per heavy atom. The second kappa shape index (κ2) is 6.73. The maximum atomic E-state index is 11.6. The zero-order valence-corrected chi connectivity index (χ0v) is 13.7. The number of pyridine rings is 1. The molecule has 2 amide bonds. The lowest BCUT2D eigenvalue weighted by Gasteiger charge is -2.08. The molecule has 8 nitrogen and oxygen atoms in total. The Morgan fingerprint density at radius 3 is 2.64 bits per heavy atom. The Balaban J connectivity index is 1.78. The minimum absolute atomic E-state index is 0.118. The predicted molar refractivity (Wildman–Crippen MR) is 91.3 cm³/mol. The van der Waals surface area contributed by atoms with Crippen LogP contribution >= 0.6 is 11.8 Å². The Morgan fingerprint density at radius 1 is 1.28 bits per heavy atom. The first-order valence-corrected chi connectivity index (χ1v) is 7.88. The van der Waals surface area contributed by atoms with Crippen LogP contribution in [0.25, 0.3) is 6.08 Å². The molecule has 1 fully saturated rings. The lowest BCUT2D eigenvalue weighted by molar-refractivity contribution is -0.385. The summed E-state index contributed by atoms with van der Waals surface area (Å²) < 4.78 is 5.61. The third kappa shape index (κ3) is 3.83. The van der Waals surface area contributed by atoms with Gasteiger partial charge in [-0.15, -0.1) is 0 Å². The predicted octanol–water partition coefficient (Wildman–Crippen LogP) is 3.41. The molecule has 0 unspecified atom stereocenters. The number of aromatic nitrogens is 1. The van der Waals surface area contributed by atoms with Gasteiger partial charge < -0.3 is 4.74 Å². The second-order valence-corrected chi connectivity index (χ2v) is 6.11. The molecule has 0 spiro atoms. The zero-order valence-electron chi connectivity index (χ0n) is 12.9. The van der Waals surface area contributed by atoms with Gasteiger partial charge in [0.25, 0.3) is 16.8 Å². The van der Waals surface area contributed by atoms with Gasteiger partial charge in [0.2, 0.25) is 5.88 Å². The largest absolute Gasteiger partial charge is 0.439 e. The van der Waals surface area contributed by atoms with E-state index in [9.17, 15) is 19.7 Å². The van der Waals surface area contributed by atoms with Crippen LogP contribution in [0.4, 0.5) is 10.5 Å². The van der Waals surface area contributed by atoms with Crippen LogP contribution in [0.15, 0.2) is 41.4 Å². The van der Waals surface area contributed by atoms with Crippen molar-refractivity contribution in [1.29, 1.82) is 0 Å². The van der Waals surface area contributed by atoms with E-state index in [0.717, 1.165) is 29.1 Å². The quantitative estimate of drug-likeness (QED) is 0.507. The van der Waals surface area contributed by atoms with Crippen LogP contribution in [0.3, 0.4) is 0 Å². The van der Waals surface area contributed by atoms with E-state index < -0.39 is 16.1 Å². The van der Waals surface area contributed by atoms with E-state index in [-0.39, 0.29) is 11.6 Å². The van der Waals surface area contributed by atoms with Crippen LogP contribution < -0.4 is 10.1 Å². The van der Waals surface area contributed by atoms with Gasteiger partial charge in [0, 0.05) is 12.1 Å². The van der Waals surface area contributed by atoms with Crippen molar-refractivity contribution in [3.8, 4) is 11.6 Å². The Hall–Kier alpha value is -3.20. The molecule has 1 aromatic heterocycles. The summed E-state index contributed by atoms with van der Waals surface area (Å²) in [6.45, 7) is 1.82. The van der Waals surface area contributed by atoms with Gasteiger partial charge >= 0.3 is 0 Å². The lowest BCUT2D eigenvalue weighted by Crippen LogP contribution is -2.17. The highest BCUT2D eigenvalue weighted by atomic mass is 32.2. The number of aryl methyl sites for hydroxylation is 1. The maximum absolute atomic E-state index is 11.6. The monoisotopic (exact) mass is 357 g/mol. The van der Waals surface area contributed by atoms with E-state index in [0.29, 0.717) is 10.7 Å². The minimum Gasteiger partial charge on any atom is -0.439 e. The van der Waals surface area contributed by atoms with E-state index in [1.807, 2.05) is 6.92 Å². The van der Waals surface area contributed by atoms with Gasteiger partial charge in [0.1, 0.15) is 11.9 Å². The van der Waals surface area contributed by atoms with Gasteiger partial charge in [-0.1, -0.05) is 6.07 Å². The molecule has 2 heterocycles. The van der Waals surface area contributed by atoms with E-state index in [4.69, 9.17) is 4.74 Å². The fourth-order valence-electron chi connectivity index (χ4n) is 2.10. The number of carbonyl (C=O) groups is 2. The Bertz CT molecular complexity index is 908. The molecule has 0 radical (unpaired) electrons. The van der Waals surface area contributed by atoms with Gasteiger partial charge in [-0.25, -0.2) is 4.98 Å². The van der Waals surface area contributed by atoms with Crippen LogP contribution in [0.5, 0.6) is 11.6 Å². The fourth-order valence-corrected chi connectivity index (χ4v) is 2.79. The molecule has 9 heteroatoms. The van der Waals surface area contributed by atoms with Crippen LogP contribution in [-0.4, -0.2) is 21.1 Å². The number of hydrogen-bond acceptors (Lipinski definition) is 7. The molecule has 126 valence electrons. The molecule has 1 aliphatic rings. The summed E-state index contributed by atoms with van der Waals surface area (Å²) in [5.41, 5.74) is 1.41. The first kappa shape index (κ1) is 16.7. The van der Waals surface area contributed by atoms with Crippen molar-refractivity contribution in [2.24, 2.45) is 0 Å². The van der Waals surface area contributed by atoms with Crippen molar-refractivity contribution in [3.05, 3.63) is 62.7 Å². The van der Waals surface area contributed by atoms with Crippen molar-refractivity contribution in [3.63, 3.8) is 0 Å². The van der Waals surface area contributed by atoms with Crippen LogP contribution in [-0.2, 0) is 4.79 Å². The molecular weight excluding hydrogens is 346 g/mol. The number of carbonyl (C=O) groups excluding carboxylic acids is 2. The highest BCUT2D eigenvalue weighted by molar-refractivity contribution is 8.18. The maximum Gasteiger partial charge on any atom is 0.290 e. The van der Waals surface area contributed by atoms with E-state index >= 15 is 0 Å². The van der Waals surface area contributed by atoms with E-state index in [2.05, 4.69) is 10.3 Å². The van der Waals surface area contributed by atoms with E-state index in [1.54, 1.807) is 24.3 Å². The molecule has 0 aliphatic carbocycles. The summed E-state index contributed by atoms with van der Waals surface area (Å²) in [7, 11) is 0. The summed E-state index contributed by atoms with van der Waals surface area (Å²) in [5, 5.41) is 12.4. The zero-order chi connectivity index (χ0) is 18.0. The highest BCUT2D eigenvalue weighted by Crippen LogP contribution is 2.29. The number of hydrogen-bond donors (Lipinski definition) is 1.